The van der Waals surface area contributed by atoms with Crippen molar-refractivity contribution in [3.05, 3.63) is 57.2 Å². The van der Waals surface area contributed by atoms with E-state index in [1.54, 1.807) is 12.3 Å². The SMILES string of the molecule is Cc1ccc(Cl)cc1N1CCN(c2ncccc2[N+](=O)[O-])CC1. The highest BCUT2D eigenvalue weighted by Gasteiger charge is 2.25. The highest BCUT2D eigenvalue weighted by molar-refractivity contribution is 6.30. The van der Waals surface area contributed by atoms with Crippen LogP contribution in [0, 0.1) is 17.0 Å². The lowest BCUT2D eigenvalue weighted by atomic mass is 10.1. The predicted octanol–water partition coefficient (Wildman–Crippen LogP) is 3.28. The van der Waals surface area contributed by atoms with Crippen molar-refractivity contribution in [2.75, 3.05) is 36.0 Å². The fourth-order valence-electron chi connectivity index (χ4n) is 2.86. The Hall–Kier alpha value is -2.34. The van der Waals surface area contributed by atoms with Crippen molar-refractivity contribution in [2.24, 2.45) is 0 Å². The maximum absolute atomic E-state index is 11.1. The summed E-state index contributed by atoms with van der Waals surface area (Å²) in [5, 5.41) is 11.9. The molecule has 2 heterocycles. The van der Waals surface area contributed by atoms with Gasteiger partial charge in [0.15, 0.2) is 0 Å². The first-order valence-corrected chi connectivity index (χ1v) is 7.79. The Bertz CT molecular complexity index is 730. The van der Waals surface area contributed by atoms with E-state index in [-0.39, 0.29) is 10.6 Å². The second-order valence-corrected chi connectivity index (χ2v) is 5.94. The van der Waals surface area contributed by atoms with Crippen LogP contribution in [0.15, 0.2) is 36.5 Å². The monoisotopic (exact) mass is 332 g/mol. The van der Waals surface area contributed by atoms with E-state index < -0.39 is 0 Å². The van der Waals surface area contributed by atoms with Crippen LogP contribution < -0.4 is 9.80 Å². The number of hydrogen-bond acceptors (Lipinski definition) is 5. The Morgan fingerprint density at radius 3 is 2.57 bits per heavy atom. The molecule has 1 saturated heterocycles. The molecular weight excluding hydrogens is 316 g/mol. The first-order valence-electron chi connectivity index (χ1n) is 7.42. The second-order valence-electron chi connectivity index (χ2n) is 5.51. The van der Waals surface area contributed by atoms with E-state index in [1.807, 2.05) is 23.1 Å². The van der Waals surface area contributed by atoms with Crippen LogP contribution in [0.2, 0.25) is 5.02 Å². The summed E-state index contributed by atoms with van der Waals surface area (Å²) in [7, 11) is 0. The van der Waals surface area contributed by atoms with Crippen molar-refractivity contribution in [1.82, 2.24) is 4.98 Å². The molecule has 1 aliphatic rings. The van der Waals surface area contributed by atoms with E-state index in [1.165, 1.54) is 11.6 Å². The van der Waals surface area contributed by atoms with Gasteiger partial charge in [0.25, 0.3) is 0 Å². The summed E-state index contributed by atoms with van der Waals surface area (Å²) in [6.07, 6.45) is 1.59. The number of piperazine rings is 1. The molecule has 0 spiro atoms. The standard InChI is InChI=1S/C16H17ClN4O2/c1-12-4-5-13(17)11-15(12)19-7-9-20(10-8-19)16-14(21(22)23)3-2-6-18-16/h2-6,11H,7-10H2,1H3. The highest BCUT2D eigenvalue weighted by atomic mass is 35.5. The van der Waals surface area contributed by atoms with Gasteiger partial charge in [0.05, 0.1) is 4.92 Å². The topological polar surface area (TPSA) is 62.5 Å². The molecule has 0 bridgehead atoms. The molecule has 0 radical (unpaired) electrons. The van der Waals surface area contributed by atoms with Crippen LogP contribution >= 0.6 is 11.6 Å². The van der Waals surface area contributed by atoms with Gasteiger partial charge in [-0.15, -0.1) is 0 Å². The van der Waals surface area contributed by atoms with Gasteiger partial charge in [-0.25, -0.2) is 4.98 Å². The maximum atomic E-state index is 11.1. The van der Waals surface area contributed by atoms with Crippen LogP contribution in [0.5, 0.6) is 0 Å². The zero-order chi connectivity index (χ0) is 16.4. The van der Waals surface area contributed by atoms with Gasteiger partial charge in [-0.2, -0.15) is 0 Å². The molecule has 1 fully saturated rings. The van der Waals surface area contributed by atoms with Gasteiger partial charge < -0.3 is 9.80 Å². The van der Waals surface area contributed by atoms with Crippen LogP contribution in [0.3, 0.4) is 0 Å². The zero-order valence-electron chi connectivity index (χ0n) is 12.8. The van der Waals surface area contributed by atoms with E-state index in [4.69, 9.17) is 11.6 Å². The minimum atomic E-state index is -0.379. The molecule has 1 aromatic heterocycles. The Morgan fingerprint density at radius 2 is 1.87 bits per heavy atom. The van der Waals surface area contributed by atoms with Gasteiger partial charge in [0, 0.05) is 49.2 Å². The third-order valence-corrected chi connectivity index (χ3v) is 4.29. The first kappa shape index (κ1) is 15.6. The van der Waals surface area contributed by atoms with E-state index in [0.29, 0.717) is 23.9 Å². The van der Waals surface area contributed by atoms with E-state index in [2.05, 4.69) is 16.8 Å². The minimum absolute atomic E-state index is 0.0555. The summed E-state index contributed by atoms with van der Waals surface area (Å²) in [4.78, 5) is 19.2. The fraction of sp³-hybridized carbons (Fsp3) is 0.312. The molecule has 0 saturated carbocycles. The number of aromatic nitrogens is 1. The number of rotatable bonds is 3. The Kier molecular flexibility index (Phi) is 4.34. The second kappa shape index (κ2) is 6.42. The molecule has 3 rings (SSSR count). The summed E-state index contributed by atoms with van der Waals surface area (Å²) in [5.74, 6) is 0.444. The van der Waals surface area contributed by atoms with Gasteiger partial charge >= 0.3 is 5.69 Å². The molecular formula is C16H17ClN4O2. The molecule has 0 N–H and O–H groups in total. The normalized spacial score (nSPS) is 14.9. The van der Waals surface area contributed by atoms with E-state index >= 15 is 0 Å². The van der Waals surface area contributed by atoms with Crippen molar-refractivity contribution in [3.8, 4) is 0 Å². The minimum Gasteiger partial charge on any atom is -0.368 e. The van der Waals surface area contributed by atoms with Crippen molar-refractivity contribution in [2.45, 2.75) is 6.92 Å². The number of pyridine rings is 1. The van der Waals surface area contributed by atoms with Crippen molar-refractivity contribution in [3.63, 3.8) is 0 Å². The van der Waals surface area contributed by atoms with Gasteiger partial charge in [-0.3, -0.25) is 10.1 Å². The number of nitro groups is 1. The van der Waals surface area contributed by atoms with Gasteiger partial charge in [0.2, 0.25) is 5.82 Å². The number of hydrogen-bond donors (Lipinski definition) is 0. The maximum Gasteiger partial charge on any atom is 0.311 e. The molecule has 0 atom stereocenters. The summed E-state index contributed by atoms with van der Waals surface area (Å²) in [6.45, 7) is 4.97. The van der Waals surface area contributed by atoms with Crippen molar-refractivity contribution >= 4 is 28.8 Å². The molecule has 0 unspecified atom stereocenters. The van der Waals surface area contributed by atoms with Crippen LogP contribution in [0.1, 0.15) is 5.56 Å². The molecule has 6 nitrogen and oxygen atoms in total. The molecule has 0 aliphatic carbocycles. The van der Waals surface area contributed by atoms with Crippen LogP contribution in [-0.4, -0.2) is 36.1 Å². The molecule has 0 amide bonds. The Labute approximate surface area is 139 Å². The van der Waals surface area contributed by atoms with Crippen LogP contribution in [-0.2, 0) is 0 Å². The lowest BCUT2D eigenvalue weighted by Crippen LogP contribution is -2.47. The molecule has 23 heavy (non-hydrogen) atoms. The van der Waals surface area contributed by atoms with Crippen LogP contribution in [0.4, 0.5) is 17.2 Å². The lowest BCUT2D eigenvalue weighted by Gasteiger charge is -2.37. The average Bonchev–Trinajstić information content (AvgIpc) is 2.57. The number of anilines is 2. The third-order valence-electron chi connectivity index (χ3n) is 4.05. The van der Waals surface area contributed by atoms with E-state index in [9.17, 15) is 10.1 Å². The summed E-state index contributed by atoms with van der Waals surface area (Å²) >= 11 is 6.09. The Morgan fingerprint density at radius 1 is 1.17 bits per heavy atom. The average molecular weight is 333 g/mol. The largest absolute Gasteiger partial charge is 0.368 e. The fourth-order valence-corrected chi connectivity index (χ4v) is 3.02. The quantitative estimate of drug-likeness (QED) is 0.637. The van der Waals surface area contributed by atoms with Crippen LogP contribution in [0.25, 0.3) is 0 Å². The number of aryl methyl sites for hydroxylation is 1. The van der Waals surface area contributed by atoms with E-state index in [0.717, 1.165) is 18.8 Å². The predicted molar refractivity (Wildman–Crippen MR) is 91.5 cm³/mol. The molecule has 1 aromatic carbocycles. The van der Waals surface area contributed by atoms with Gasteiger partial charge in [0.1, 0.15) is 0 Å². The zero-order valence-corrected chi connectivity index (χ0v) is 13.5. The molecule has 2 aromatic rings. The lowest BCUT2D eigenvalue weighted by molar-refractivity contribution is -0.384. The third kappa shape index (κ3) is 3.22. The number of nitrogens with zero attached hydrogens (tertiary/aromatic N) is 4. The number of halogens is 1. The van der Waals surface area contributed by atoms with Crippen molar-refractivity contribution in [1.29, 1.82) is 0 Å². The highest BCUT2D eigenvalue weighted by Crippen LogP contribution is 2.29. The summed E-state index contributed by atoms with van der Waals surface area (Å²) < 4.78 is 0. The first-order chi connectivity index (χ1) is 11.1. The molecule has 120 valence electrons. The van der Waals surface area contributed by atoms with Gasteiger partial charge in [-0.1, -0.05) is 17.7 Å². The number of benzene rings is 1. The van der Waals surface area contributed by atoms with Crippen molar-refractivity contribution < 1.29 is 4.92 Å². The Balaban J connectivity index is 1.76. The smallest absolute Gasteiger partial charge is 0.311 e. The molecule has 7 heteroatoms. The molecule has 1 aliphatic heterocycles. The summed E-state index contributed by atoms with van der Waals surface area (Å²) in [5.41, 5.74) is 2.35. The van der Waals surface area contributed by atoms with Gasteiger partial charge in [-0.05, 0) is 30.7 Å². The summed E-state index contributed by atoms with van der Waals surface area (Å²) in [6, 6.07) is 8.94.